The van der Waals surface area contributed by atoms with Crippen molar-refractivity contribution in [3.63, 3.8) is 0 Å². The molecule has 1 aliphatic carbocycles. The maximum atomic E-state index is 12.2. The van der Waals surface area contributed by atoms with Crippen LogP contribution in [0.2, 0.25) is 0 Å². The Hall–Kier alpha value is -2.10. The lowest BCUT2D eigenvalue weighted by atomic mass is 9.88. The summed E-state index contributed by atoms with van der Waals surface area (Å²) in [7, 11) is 0. The number of benzene rings is 1. The summed E-state index contributed by atoms with van der Waals surface area (Å²) in [5, 5.41) is 3.03. The van der Waals surface area contributed by atoms with Crippen molar-refractivity contribution in [2.24, 2.45) is 5.92 Å². The molecule has 0 radical (unpaired) electrons. The van der Waals surface area contributed by atoms with Crippen LogP contribution in [0.4, 0.5) is 5.69 Å². The van der Waals surface area contributed by atoms with Crippen LogP contribution < -0.4 is 5.32 Å². The van der Waals surface area contributed by atoms with Crippen LogP contribution >= 0.6 is 0 Å². The first-order chi connectivity index (χ1) is 10.2. The van der Waals surface area contributed by atoms with Crippen molar-refractivity contribution < 1.29 is 4.79 Å². The van der Waals surface area contributed by atoms with Gasteiger partial charge in [-0.05, 0) is 37.5 Å². The predicted molar refractivity (Wildman–Crippen MR) is 84.0 cm³/mol. The predicted octanol–water partition coefficient (Wildman–Crippen LogP) is 3.90. The Kier molecular flexibility index (Phi) is 4.04. The molecule has 1 aromatic heterocycles. The third-order valence-corrected chi connectivity index (χ3v) is 4.14. The molecule has 2 aromatic rings. The van der Waals surface area contributed by atoms with Crippen molar-refractivity contribution in [3.8, 4) is 11.3 Å². The number of hydrogen-bond donors (Lipinski definition) is 2. The Morgan fingerprint density at radius 2 is 1.90 bits per heavy atom. The van der Waals surface area contributed by atoms with Crippen LogP contribution in [0.1, 0.15) is 37.9 Å². The van der Waals surface area contributed by atoms with Crippen molar-refractivity contribution in [2.75, 3.05) is 5.32 Å². The molecule has 1 heterocycles. The van der Waals surface area contributed by atoms with Crippen LogP contribution in [0, 0.1) is 12.8 Å². The first kappa shape index (κ1) is 13.9. The number of carbonyl (C=O) groups is 1. The number of aromatic amines is 1. The lowest BCUT2D eigenvalue weighted by Gasteiger charge is -2.20. The van der Waals surface area contributed by atoms with E-state index in [4.69, 9.17) is 0 Å². The Balaban J connectivity index is 1.65. The number of aromatic nitrogens is 2. The molecular weight excluding hydrogens is 262 g/mol. The molecule has 110 valence electrons. The molecule has 3 rings (SSSR count). The van der Waals surface area contributed by atoms with Gasteiger partial charge in [-0.25, -0.2) is 4.98 Å². The minimum absolute atomic E-state index is 0.167. The highest BCUT2D eigenvalue weighted by atomic mass is 16.1. The third-order valence-electron chi connectivity index (χ3n) is 4.14. The van der Waals surface area contributed by atoms with E-state index in [9.17, 15) is 4.79 Å². The molecule has 0 atom stereocenters. The summed E-state index contributed by atoms with van der Waals surface area (Å²) < 4.78 is 0. The van der Waals surface area contributed by atoms with Gasteiger partial charge in [-0.1, -0.05) is 31.4 Å². The van der Waals surface area contributed by atoms with Crippen molar-refractivity contribution in [1.82, 2.24) is 9.97 Å². The molecule has 1 saturated carbocycles. The van der Waals surface area contributed by atoms with Gasteiger partial charge in [0.1, 0.15) is 5.82 Å². The second kappa shape index (κ2) is 6.12. The monoisotopic (exact) mass is 283 g/mol. The second-order valence-corrected chi connectivity index (χ2v) is 5.78. The number of nitrogens with zero attached hydrogens (tertiary/aromatic N) is 1. The van der Waals surface area contributed by atoms with E-state index in [2.05, 4.69) is 15.3 Å². The van der Waals surface area contributed by atoms with Gasteiger partial charge in [-0.3, -0.25) is 4.79 Å². The van der Waals surface area contributed by atoms with Crippen LogP contribution in [0.5, 0.6) is 0 Å². The number of carbonyl (C=O) groups excluding carboxylic acids is 1. The molecule has 1 fully saturated rings. The molecule has 0 unspecified atom stereocenters. The van der Waals surface area contributed by atoms with Gasteiger partial charge in [0.2, 0.25) is 5.91 Å². The van der Waals surface area contributed by atoms with Crippen molar-refractivity contribution in [1.29, 1.82) is 0 Å². The fourth-order valence-corrected chi connectivity index (χ4v) is 2.91. The highest BCUT2D eigenvalue weighted by Crippen LogP contribution is 2.25. The summed E-state index contributed by atoms with van der Waals surface area (Å²) in [6, 6.07) is 7.91. The average Bonchev–Trinajstić information content (AvgIpc) is 2.95. The van der Waals surface area contributed by atoms with Crippen LogP contribution in [-0.4, -0.2) is 15.9 Å². The molecule has 4 nitrogen and oxygen atoms in total. The zero-order chi connectivity index (χ0) is 14.7. The van der Waals surface area contributed by atoms with Crippen LogP contribution in [-0.2, 0) is 4.79 Å². The molecule has 4 heteroatoms. The summed E-state index contributed by atoms with van der Waals surface area (Å²) in [5.41, 5.74) is 2.94. The molecule has 1 amide bonds. The average molecular weight is 283 g/mol. The fraction of sp³-hybridized carbons (Fsp3) is 0.412. The van der Waals surface area contributed by atoms with Gasteiger partial charge in [0.25, 0.3) is 0 Å². The zero-order valence-electron chi connectivity index (χ0n) is 12.4. The Morgan fingerprint density at radius 1 is 1.19 bits per heavy atom. The van der Waals surface area contributed by atoms with Gasteiger partial charge < -0.3 is 10.3 Å². The molecule has 1 aromatic carbocycles. The van der Waals surface area contributed by atoms with E-state index in [1.54, 1.807) is 0 Å². The summed E-state index contributed by atoms with van der Waals surface area (Å²) in [4.78, 5) is 19.6. The second-order valence-electron chi connectivity index (χ2n) is 5.78. The Bertz CT molecular complexity index is 609. The first-order valence-electron chi connectivity index (χ1n) is 7.65. The largest absolute Gasteiger partial charge is 0.342 e. The van der Waals surface area contributed by atoms with Crippen LogP contribution in [0.3, 0.4) is 0 Å². The van der Waals surface area contributed by atoms with Crippen molar-refractivity contribution in [3.05, 3.63) is 36.3 Å². The lowest BCUT2D eigenvalue weighted by molar-refractivity contribution is -0.120. The molecule has 21 heavy (non-hydrogen) atoms. The first-order valence-corrected chi connectivity index (χ1v) is 7.65. The number of anilines is 1. The van der Waals surface area contributed by atoms with Crippen LogP contribution in [0.25, 0.3) is 11.3 Å². The van der Waals surface area contributed by atoms with E-state index in [0.717, 1.165) is 35.6 Å². The fourth-order valence-electron chi connectivity index (χ4n) is 2.91. The minimum atomic E-state index is 0.167. The van der Waals surface area contributed by atoms with Gasteiger partial charge in [-0.2, -0.15) is 0 Å². The van der Waals surface area contributed by atoms with E-state index in [1.165, 1.54) is 19.3 Å². The van der Waals surface area contributed by atoms with E-state index < -0.39 is 0 Å². The Labute approximate surface area is 125 Å². The molecule has 0 saturated heterocycles. The van der Waals surface area contributed by atoms with E-state index >= 15 is 0 Å². The zero-order valence-corrected chi connectivity index (χ0v) is 12.4. The van der Waals surface area contributed by atoms with Crippen molar-refractivity contribution >= 4 is 11.6 Å². The van der Waals surface area contributed by atoms with Gasteiger partial charge in [0.15, 0.2) is 0 Å². The number of imidazole rings is 1. The van der Waals surface area contributed by atoms with E-state index in [1.807, 2.05) is 37.4 Å². The highest BCUT2D eigenvalue weighted by molar-refractivity contribution is 5.92. The summed E-state index contributed by atoms with van der Waals surface area (Å²) in [6.07, 6.45) is 7.49. The summed E-state index contributed by atoms with van der Waals surface area (Å²) in [6.45, 7) is 1.93. The maximum absolute atomic E-state index is 12.2. The van der Waals surface area contributed by atoms with E-state index in [0.29, 0.717) is 0 Å². The molecule has 0 spiro atoms. The quantitative estimate of drug-likeness (QED) is 0.897. The number of nitrogens with one attached hydrogen (secondary N) is 2. The molecule has 0 bridgehead atoms. The van der Waals surface area contributed by atoms with Gasteiger partial charge >= 0.3 is 0 Å². The maximum Gasteiger partial charge on any atom is 0.227 e. The molecule has 0 aliphatic heterocycles. The SMILES string of the molecule is Cc1ncc(-c2ccc(NC(=O)C3CCCCC3)cc2)[nH]1. The smallest absolute Gasteiger partial charge is 0.227 e. The number of aryl methyl sites for hydroxylation is 1. The highest BCUT2D eigenvalue weighted by Gasteiger charge is 2.20. The minimum Gasteiger partial charge on any atom is -0.342 e. The van der Waals surface area contributed by atoms with Gasteiger partial charge in [-0.15, -0.1) is 0 Å². The van der Waals surface area contributed by atoms with E-state index in [-0.39, 0.29) is 11.8 Å². The topological polar surface area (TPSA) is 57.8 Å². The normalized spacial score (nSPS) is 15.9. The van der Waals surface area contributed by atoms with Crippen LogP contribution in [0.15, 0.2) is 30.5 Å². The van der Waals surface area contributed by atoms with Crippen molar-refractivity contribution in [2.45, 2.75) is 39.0 Å². The standard InChI is InChI=1S/C17H21N3O/c1-12-18-11-16(19-12)13-7-9-15(10-8-13)20-17(21)14-5-3-2-4-6-14/h7-11,14H,2-6H2,1H3,(H,18,19)(H,20,21). The summed E-state index contributed by atoms with van der Waals surface area (Å²) in [5.74, 6) is 1.26. The number of rotatable bonds is 3. The molecule has 2 N–H and O–H groups in total. The van der Waals surface area contributed by atoms with Gasteiger partial charge in [0, 0.05) is 11.6 Å². The lowest BCUT2D eigenvalue weighted by Crippen LogP contribution is -2.24. The Morgan fingerprint density at radius 3 is 2.52 bits per heavy atom. The number of amides is 1. The summed E-state index contributed by atoms with van der Waals surface area (Å²) >= 11 is 0. The molecule has 1 aliphatic rings. The number of hydrogen-bond acceptors (Lipinski definition) is 2. The van der Waals surface area contributed by atoms with Gasteiger partial charge in [0.05, 0.1) is 11.9 Å². The molecular formula is C17H21N3O. The number of H-pyrrole nitrogens is 1. The third kappa shape index (κ3) is 3.32.